The molecule has 0 spiro atoms. The number of carbonyl (C=O) groups is 1. The average Bonchev–Trinajstić information content (AvgIpc) is 3.07. The first-order valence-corrected chi connectivity index (χ1v) is 10.2. The molecule has 9 heteroatoms. The molecule has 1 aliphatic heterocycles. The minimum absolute atomic E-state index is 0.114. The fraction of sp³-hybridized carbons (Fsp3) is 0.111. The van der Waals surface area contributed by atoms with E-state index >= 15 is 0 Å². The topological polar surface area (TPSA) is 81.1 Å². The Morgan fingerprint density at radius 2 is 1.93 bits per heavy atom. The molecule has 0 radical (unpaired) electrons. The van der Waals surface area contributed by atoms with Crippen molar-refractivity contribution in [3.63, 3.8) is 0 Å². The number of amides is 1. The van der Waals surface area contributed by atoms with Gasteiger partial charge in [0.1, 0.15) is 11.6 Å². The summed E-state index contributed by atoms with van der Waals surface area (Å²) in [7, 11) is -3.31. The Labute approximate surface area is 159 Å². The highest BCUT2D eigenvalue weighted by molar-refractivity contribution is 7.90. The number of sulfone groups is 1. The van der Waals surface area contributed by atoms with E-state index in [1.807, 2.05) is 0 Å². The monoisotopic (exact) mass is 405 g/mol. The molecule has 0 unspecified atom stereocenters. The van der Waals surface area contributed by atoms with Crippen LogP contribution in [0.3, 0.4) is 0 Å². The van der Waals surface area contributed by atoms with Crippen LogP contribution in [0, 0.1) is 5.82 Å². The number of aromatic nitrogens is 2. The lowest BCUT2D eigenvalue weighted by Gasteiger charge is -2.11. The van der Waals surface area contributed by atoms with Gasteiger partial charge in [0.05, 0.1) is 22.9 Å². The number of carbonyl (C=O) groups excluding carboxylic acids is 1. The molecule has 0 aliphatic carbocycles. The molecule has 3 aromatic rings. The van der Waals surface area contributed by atoms with Gasteiger partial charge in [-0.15, -0.1) is 0 Å². The second-order valence-corrected chi connectivity index (χ2v) is 8.66. The first-order chi connectivity index (χ1) is 12.8. The minimum Gasteiger partial charge on any atom is -0.306 e. The van der Waals surface area contributed by atoms with Gasteiger partial charge in [0.15, 0.2) is 9.84 Å². The fourth-order valence-corrected chi connectivity index (χ4v) is 4.65. The summed E-state index contributed by atoms with van der Waals surface area (Å²) in [5.41, 5.74) is 1.50. The molecular formula is C18H13ClFN3O3S. The normalized spacial score (nSPS) is 14.7. The van der Waals surface area contributed by atoms with Crippen LogP contribution in [0.15, 0.2) is 48.5 Å². The summed E-state index contributed by atoms with van der Waals surface area (Å²) in [6.45, 7) is 0. The second-order valence-electron chi connectivity index (χ2n) is 6.16. The molecule has 6 nitrogen and oxygen atoms in total. The summed E-state index contributed by atoms with van der Waals surface area (Å²) in [4.78, 5) is 12.6. The van der Waals surface area contributed by atoms with Crippen molar-refractivity contribution < 1.29 is 17.6 Å². The molecule has 0 bridgehead atoms. The number of nitrogens with one attached hydrogen (secondary N) is 1. The zero-order valence-electron chi connectivity index (χ0n) is 13.8. The van der Waals surface area contributed by atoms with Gasteiger partial charge in [-0.2, -0.15) is 5.10 Å². The van der Waals surface area contributed by atoms with E-state index in [0.29, 0.717) is 22.0 Å². The highest BCUT2D eigenvalue weighted by Gasteiger charge is 2.33. The van der Waals surface area contributed by atoms with Crippen LogP contribution in [0.5, 0.6) is 0 Å². The summed E-state index contributed by atoms with van der Waals surface area (Å²) < 4.78 is 38.8. The van der Waals surface area contributed by atoms with Crippen molar-refractivity contribution in [2.45, 2.75) is 11.5 Å². The molecule has 4 rings (SSSR count). The Hall–Kier alpha value is -2.71. The number of hydrogen-bond donors (Lipinski definition) is 1. The first-order valence-electron chi connectivity index (χ1n) is 7.96. The van der Waals surface area contributed by atoms with Gasteiger partial charge < -0.3 is 5.32 Å². The Bertz CT molecular complexity index is 1170. The number of hydrogen-bond acceptors (Lipinski definition) is 4. The third-order valence-corrected chi connectivity index (χ3v) is 5.84. The highest BCUT2D eigenvalue weighted by atomic mass is 35.5. The zero-order chi connectivity index (χ0) is 19.2. The maximum absolute atomic E-state index is 13.4. The van der Waals surface area contributed by atoms with Crippen LogP contribution in [0.4, 0.5) is 10.2 Å². The molecule has 0 saturated carbocycles. The minimum atomic E-state index is -3.31. The Balaban J connectivity index is 1.79. The molecule has 0 fully saturated rings. The highest BCUT2D eigenvalue weighted by Crippen LogP contribution is 2.33. The quantitative estimate of drug-likeness (QED) is 0.724. The standard InChI is InChI=1S/C18H13ClFN3O3S/c19-12-4-2-6-14(8-12)23-17(15-9-27(25,26)10-16(15)22-23)21-18(24)11-3-1-5-13(20)7-11/h1-8H,9-10H2,(H,21,24). The number of benzene rings is 2. The number of nitrogens with zero attached hydrogens (tertiary/aromatic N) is 2. The van der Waals surface area contributed by atoms with E-state index in [2.05, 4.69) is 10.4 Å². The smallest absolute Gasteiger partial charge is 0.256 e. The molecule has 0 saturated heterocycles. The largest absolute Gasteiger partial charge is 0.306 e. The maximum atomic E-state index is 13.4. The molecular weight excluding hydrogens is 393 g/mol. The van der Waals surface area contributed by atoms with Crippen molar-refractivity contribution >= 4 is 33.2 Å². The van der Waals surface area contributed by atoms with Crippen molar-refractivity contribution in [2.75, 3.05) is 5.32 Å². The summed E-state index contributed by atoms with van der Waals surface area (Å²) in [5, 5.41) is 7.50. The van der Waals surface area contributed by atoms with Crippen molar-refractivity contribution in [3.05, 3.63) is 76.2 Å². The predicted octanol–water partition coefficient (Wildman–Crippen LogP) is 3.35. The van der Waals surface area contributed by atoms with Crippen LogP contribution in [0.1, 0.15) is 21.6 Å². The van der Waals surface area contributed by atoms with Crippen LogP contribution >= 0.6 is 11.6 Å². The SMILES string of the molecule is O=C(Nc1c2c(nn1-c1cccc(Cl)c1)CS(=O)(=O)C2)c1cccc(F)c1. The Morgan fingerprint density at radius 3 is 2.67 bits per heavy atom. The fourth-order valence-electron chi connectivity index (χ4n) is 2.97. The van der Waals surface area contributed by atoms with Gasteiger partial charge in [0, 0.05) is 16.1 Å². The lowest BCUT2D eigenvalue weighted by atomic mass is 10.2. The zero-order valence-corrected chi connectivity index (χ0v) is 15.4. The Morgan fingerprint density at radius 1 is 1.15 bits per heavy atom. The predicted molar refractivity (Wildman–Crippen MR) is 99.3 cm³/mol. The van der Waals surface area contributed by atoms with E-state index in [4.69, 9.17) is 11.6 Å². The van der Waals surface area contributed by atoms with E-state index in [1.54, 1.807) is 24.3 Å². The second kappa shape index (κ2) is 6.47. The van der Waals surface area contributed by atoms with Gasteiger partial charge >= 0.3 is 0 Å². The number of rotatable bonds is 3. The van der Waals surface area contributed by atoms with Gasteiger partial charge in [-0.3, -0.25) is 4.79 Å². The number of halogens is 2. The van der Waals surface area contributed by atoms with E-state index < -0.39 is 21.6 Å². The molecule has 1 aliphatic rings. The van der Waals surface area contributed by atoms with Crippen LogP contribution < -0.4 is 5.32 Å². The number of anilines is 1. The summed E-state index contributed by atoms with van der Waals surface area (Å²) in [6, 6.07) is 12.0. The van der Waals surface area contributed by atoms with Crippen LogP contribution in [0.25, 0.3) is 5.69 Å². The maximum Gasteiger partial charge on any atom is 0.256 e. The third kappa shape index (κ3) is 3.45. The average molecular weight is 406 g/mol. The van der Waals surface area contributed by atoms with E-state index in [1.165, 1.54) is 22.9 Å². The van der Waals surface area contributed by atoms with Crippen molar-refractivity contribution in [2.24, 2.45) is 0 Å². The van der Waals surface area contributed by atoms with Gasteiger partial charge in [0.2, 0.25) is 0 Å². The number of fused-ring (bicyclic) bond motifs is 1. The first kappa shape index (κ1) is 17.7. The third-order valence-electron chi connectivity index (χ3n) is 4.16. The van der Waals surface area contributed by atoms with E-state index in [9.17, 15) is 17.6 Å². The summed E-state index contributed by atoms with van der Waals surface area (Å²) in [6.07, 6.45) is 0. The van der Waals surface area contributed by atoms with Gasteiger partial charge in [-0.05, 0) is 36.4 Å². The van der Waals surface area contributed by atoms with Crippen LogP contribution in [0.2, 0.25) is 5.02 Å². The molecule has 1 aromatic heterocycles. The van der Waals surface area contributed by atoms with Crippen molar-refractivity contribution in [1.29, 1.82) is 0 Å². The summed E-state index contributed by atoms with van der Waals surface area (Å²) >= 11 is 6.04. The molecule has 2 heterocycles. The molecule has 27 heavy (non-hydrogen) atoms. The van der Waals surface area contributed by atoms with E-state index in [-0.39, 0.29) is 22.9 Å². The molecule has 2 aromatic carbocycles. The molecule has 138 valence electrons. The lowest BCUT2D eigenvalue weighted by molar-refractivity contribution is 0.102. The Kier molecular flexibility index (Phi) is 4.24. The molecule has 0 atom stereocenters. The molecule has 1 N–H and O–H groups in total. The van der Waals surface area contributed by atoms with Gasteiger partial charge in [-0.25, -0.2) is 17.5 Å². The van der Waals surface area contributed by atoms with Gasteiger partial charge in [0.25, 0.3) is 5.91 Å². The van der Waals surface area contributed by atoms with Gasteiger partial charge in [-0.1, -0.05) is 23.7 Å². The van der Waals surface area contributed by atoms with Crippen molar-refractivity contribution in [3.8, 4) is 5.69 Å². The lowest BCUT2D eigenvalue weighted by Crippen LogP contribution is -2.17. The van der Waals surface area contributed by atoms with Crippen molar-refractivity contribution in [1.82, 2.24) is 9.78 Å². The van der Waals surface area contributed by atoms with Crippen LogP contribution in [-0.2, 0) is 21.3 Å². The summed E-state index contributed by atoms with van der Waals surface area (Å²) in [5.74, 6) is -1.29. The van der Waals surface area contributed by atoms with Crippen LogP contribution in [-0.4, -0.2) is 24.1 Å². The molecule has 1 amide bonds. The van der Waals surface area contributed by atoms with E-state index in [0.717, 1.165) is 6.07 Å².